The molecule has 3 heterocycles. The standard InChI is InChI=1S/C27H30F2N4O4/c1-16-14-32(15-17(2)33(16)26(35)37-27(3,4)5)25(34)22-9-6-18-12-20(8-10-21(18)31-22)36-23-11-7-19(13-30-23)24(28)29/h6-13,16-17,24H,14-15H2,1-5H3. The summed E-state index contributed by atoms with van der Waals surface area (Å²) >= 11 is 0. The number of piperazine rings is 1. The summed E-state index contributed by atoms with van der Waals surface area (Å²) in [6.07, 6.45) is -1.90. The van der Waals surface area contributed by atoms with Gasteiger partial charge in [-0.2, -0.15) is 0 Å². The molecule has 3 aromatic rings. The molecule has 4 rings (SSSR count). The third-order valence-corrected chi connectivity index (χ3v) is 5.92. The van der Waals surface area contributed by atoms with Gasteiger partial charge in [0.1, 0.15) is 17.0 Å². The number of carbonyl (C=O) groups excluding carboxylic acids is 2. The van der Waals surface area contributed by atoms with Crippen LogP contribution in [-0.2, 0) is 4.74 Å². The van der Waals surface area contributed by atoms with Crippen molar-refractivity contribution in [3.05, 3.63) is 59.9 Å². The molecule has 0 bridgehead atoms. The highest BCUT2D eigenvalue weighted by Gasteiger charge is 2.37. The van der Waals surface area contributed by atoms with Gasteiger partial charge in [-0.25, -0.2) is 23.5 Å². The van der Waals surface area contributed by atoms with Crippen LogP contribution in [0.15, 0.2) is 48.7 Å². The van der Waals surface area contributed by atoms with Gasteiger partial charge in [0.15, 0.2) is 0 Å². The number of carbonyl (C=O) groups is 2. The normalized spacial score (nSPS) is 18.3. The molecule has 0 radical (unpaired) electrons. The van der Waals surface area contributed by atoms with Crippen LogP contribution in [0, 0.1) is 0 Å². The minimum atomic E-state index is -2.59. The fourth-order valence-electron chi connectivity index (χ4n) is 4.31. The van der Waals surface area contributed by atoms with Gasteiger partial charge in [0.25, 0.3) is 12.3 Å². The molecule has 0 N–H and O–H groups in total. The molecule has 1 aromatic carbocycles. The maximum atomic E-state index is 13.3. The van der Waals surface area contributed by atoms with E-state index in [1.165, 1.54) is 12.1 Å². The van der Waals surface area contributed by atoms with Crippen molar-refractivity contribution in [3.8, 4) is 11.6 Å². The van der Waals surface area contributed by atoms with E-state index >= 15 is 0 Å². The van der Waals surface area contributed by atoms with Crippen LogP contribution in [0.25, 0.3) is 10.9 Å². The van der Waals surface area contributed by atoms with Gasteiger partial charge < -0.3 is 14.4 Å². The number of hydrogen-bond donors (Lipinski definition) is 0. The minimum absolute atomic E-state index is 0.178. The summed E-state index contributed by atoms with van der Waals surface area (Å²) in [6, 6.07) is 10.8. The molecular formula is C27H30F2N4O4. The summed E-state index contributed by atoms with van der Waals surface area (Å²) in [6.45, 7) is 9.99. The Hall–Kier alpha value is -3.82. The second kappa shape index (κ2) is 10.3. The highest BCUT2D eigenvalue weighted by molar-refractivity contribution is 5.95. The van der Waals surface area contributed by atoms with E-state index in [1.54, 1.807) is 40.1 Å². The first kappa shape index (κ1) is 26.2. The minimum Gasteiger partial charge on any atom is -0.444 e. The number of amides is 2. The molecule has 2 amide bonds. The van der Waals surface area contributed by atoms with Gasteiger partial charge in [-0.05, 0) is 65.0 Å². The van der Waals surface area contributed by atoms with Crippen molar-refractivity contribution in [2.45, 2.75) is 58.7 Å². The van der Waals surface area contributed by atoms with E-state index in [1.807, 2.05) is 34.6 Å². The molecular weight excluding hydrogens is 482 g/mol. The summed E-state index contributed by atoms with van der Waals surface area (Å²) < 4.78 is 36.6. The van der Waals surface area contributed by atoms with Crippen LogP contribution in [0.4, 0.5) is 13.6 Å². The van der Waals surface area contributed by atoms with Crippen LogP contribution >= 0.6 is 0 Å². The maximum absolute atomic E-state index is 13.3. The SMILES string of the molecule is CC1CN(C(=O)c2ccc3cc(Oc4ccc(C(F)F)cn4)ccc3n2)CC(C)N1C(=O)OC(C)(C)C. The number of aromatic nitrogens is 2. The summed E-state index contributed by atoms with van der Waals surface area (Å²) in [4.78, 5) is 37.7. The van der Waals surface area contributed by atoms with E-state index in [9.17, 15) is 18.4 Å². The predicted octanol–water partition coefficient (Wildman–Crippen LogP) is 5.83. The zero-order chi connectivity index (χ0) is 26.9. The van der Waals surface area contributed by atoms with Crippen LogP contribution < -0.4 is 4.74 Å². The fourth-order valence-corrected chi connectivity index (χ4v) is 4.31. The highest BCUT2D eigenvalue weighted by Crippen LogP contribution is 2.27. The lowest BCUT2D eigenvalue weighted by Crippen LogP contribution is -2.60. The molecule has 1 aliphatic heterocycles. The number of nitrogens with zero attached hydrogens (tertiary/aromatic N) is 4. The van der Waals surface area contributed by atoms with Crippen molar-refractivity contribution in [1.82, 2.24) is 19.8 Å². The predicted molar refractivity (Wildman–Crippen MR) is 134 cm³/mol. The molecule has 8 nitrogen and oxygen atoms in total. The average molecular weight is 513 g/mol. The monoisotopic (exact) mass is 512 g/mol. The number of pyridine rings is 2. The Balaban J connectivity index is 1.45. The second-order valence-electron chi connectivity index (χ2n) is 10.2. The average Bonchev–Trinajstić information content (AvgIpc) is 2.82. The van der Waals surface area contributed by atoms with Gasteiger partial charge in [0.2, 0.25) is 5.88 Å². The molecule has 2 aromatic heterocycles. The van der Waals surface area contributed by atoms with Crippen molar-refractivity contribution in [1.29, 1.82) is 0 Å². The Labute approximate surface area is 214 Å². The lowest BCUT2D eigenvalue weighted by molar-refractivity contribution is -0.0130. The number of ether oxygens (including phenoxy) is 2. The Morgan fingerprint density at radius 2 is 1.73 bits per heavy atom. The largest absolute Gasteiger partial charge is 0.444 e. The van der Waals surface area contributed by atoms with Gasteiger partial charge in [-0.15, -0.1) is 0 Å². The van der Waals surface area contributed by atoms with Crippen molar-refractivity contribution in [2.24, 2.45) is 0 Å². The van der Waals surface area contributed by atoms with Gasteiger partial charge >= 0.3 is 6.09 Å². The molecule has 2 unspecified atom stereocenters. The first-order valence-electron chi connectivity index (χ1n) is 12.0. The number of halogens is 2. The van der Waals surface area contributed by atoms with E-state index in [4.69, 9.17) is 9.47 Å². The van der Waals surface area contributed by atoms with Crippen LogP contribution in [0.2, 0.25) is 0 Å². The summed E-state index contributed by atoms with van der Waals surface area (Å²) in [5.74, 6) is 0.442. The third kappa shape index (κ3) is 6.12. The van der Waals surface area contributed by atoms with Crippen molar-refractivity contribution in [3.63, 3.8) is 0 Å². The lowest BCUT2D eigenvalue weighted by Gasteiger charge is -2.44. The topological polar surface area (TPSA) is 84.9 Å². The van der Waals surface area contributed by atoms with Crippen molar-refractivity contribution < 1.29 is 27.8 Å². The highest BCUT2D eigenvalue weighted by atomic mass is 19.3. The van der Waals surface area contributed by atoms with E-state index < -0.39 is 12.0 Å². The Morgan fingerprint density at radius 3 is 2.32 bits per heavy atom. The number of rotatable bonds is 4. The first-order valence-corrected chi connectivity index (χ1v) is 12.0. The van der Waals surface area contributed by atoms with Crippen LogP contribution in [-0.4, -0.2) is 62.5 Å². The van der Waals surface area contributed by atoms with Crippen LogP contribution in [0.5, 0.6) is 11.6 Å². The van der Waals surface area contributed by atoms with Crippen molar-refractivity contribution in [2.75, 3.05) is 13.1 Å². The second-order valence-corrected chi connectivity index (χ2v) is 10.2. The molecule has 1 fully saturated rings. The van der Waals surface area contributed by atoms with Gasteiger partial charge in [-0.3, -0.25) is 9.69 Å². The number of hydrogen-bond acceptors (Lipinski definition) is 6. The summed E-state index contributed by atoms with van der Waals surface area (Å²) in [5, 5.41) is 0.745. The molecule has 1 saturated heterocycles. The van der Waals surface area contributed by atoms with Gasteiger partial charge in [0.05, 0.1) is 17.6 Å². The molecule has 196 valence electrons. The number of fused-ring (bicyclic) bond motifs is 1. The zero-order valence-electron chi connectivity index (χ0n) is 21.4. The number of alkyl halides is 2. The maximum Gasteiger partial charge on any atom is 0.410 e. The van der Waals surface area contributed by atoms with Crippen LogP contribution in [0.3, 0.4) is 0 Å². The number of benzene rings is 1. The van der Waals surface area contributed by atoms with Gasteiger partial charge in [-0.1, -0.05) is 6.07 Å². The molecule has 0 aliphatic carbocycles. The molecule has 2 atom stereocenters. The zero-order valence-corrected chi connectivity index (χ0v) is 21.4. The van der Waals surface area contributed by atoms with Crippen LogP contribution in [0.1, 0.15) is 57.1 Å². The van der Waals surface area contributed by atoms with Gasteiger partial charge in [0, 0.05) is 36.3 Å². The molecule has 0 spiro atoms. The molecule has 10 heteroatoms. The lowest BCUT2D eigenvalue weighted by atomic mass is 10.1. The Kier molecular flexibility index (Phi) is 7.29. The Morgan fingerprint density at radius 1 is 1.03 bits per heavy atom. The van der Waals surface area contributed by atoms with E-state index in [0.29, 0.717) is 30.0 Å². The fraction of sp³-hybridized carbons (Fsp3) is 0.407. The molecule has 1 aliphatic rings. The third-order valence-electron chi connectivity index (χ3n) is 5.92. The van der Waals surface area contributed by atoms with E-state index in [2.05, 4.69) is 9.97 Å². The quantitative estimate of drug-likeness (QED) is 0.437. The molecule has 37 heavy (non-hydrogen) atoms. The van der Waals surface area contributed by atoms with E-state index in [-0.39, 0.29) is 35.5 Å². The summed E-state index contributed by atoms with van der Waals surface area (Å²) in [7, 11) is 0. The summed E-state index contributed by atoms with van der Waals surface area (Å²) in [5.41, 5.74) is 0.129. The van der Waals surface area contributed by atoms with Crippen molar-refractivity contribution >= 4 is 22.9 Å². The smallest absolute Gasteiger partial charge is 0.410 e. The Bertz CT molecular complexity index is 1280. The molecule has 0 saturated carbocycles. The van der Waals surface area contributed by atoms with E-state index in [0.717, 1.165) is 11.6 Å². The first-order chi connectivity index (χ1) is 17.4.